The zero-order valence-corrected chi connectivity index (χ0v) is 9.84. The van der Waals surface area contributed by atoms with Crippen molar-refractivity contribution in [1.82, 2.24) is 4.90 Å². The molecule has 0 aromatic heterocycles. The van der Waals surface area contributed by atoms with Crippen molar-refractivity contribution < 1.29 is 13.5 Å². The fraction of sp³-hybridized carbons (Fsp3) is 0.364. The first-order valence-electron chi connectivity index (χ1n) is 5.26. The van der Waals surface area contributed by atoms with Crippen molar-refractivity contribution in [3.8, 4) is 5.75 Å². The molecule has 1 fully saturated rings. The van der Waals surface area contributed by atoms with E-state index in [-0.39, 0.29) is 5.75 Å². The summed E-state index contributed by atoms with van der Waals surface area (Å²) in [4.78, 5) is 2.04. The van der Waals surface area contributed by atoms with Gasteiger partial charge in [-0.3, -0.25) is 0 Å². The van der Waals surface area contributed by atoms with Crippen LogP contribution in [0.2, 0.25) is 0 Å². The van der Waals surface area contributed by atoms with Crippen LogP contribution in [0.1, 0.15) is 6.42 Å². The van der Waals surface area contributed by atoms with E-state index in [0.717, 1.165) is 25.2 Å². The Labute approximate surface area is 103 Å². The van der Waals surface area contributed by atoms with Gasteiger partial charge in [0.1, 0.15) is 5.75 Å². The largest absolute Gasteiger partial charge is 0.435 e. The maximum atomic E-state index is 11.9. The Balaban J connectivity index is 1.90. The van der Waals surface area contributed by atoms with Gasteiger partial charge in [-0.15, -0.1) is 0 Å². The third-order valence-electron chi connectivity index (χ3n) is 2.47. The van der Waals surface area contributed by atoms with E-state index < -0.39 is 6.61 Å². The lowest BCUT2D eigenvalue weighted by atomic mass is 10.2. The van der Waals surface area contributed by atoms with Gasteiger partial charge >= 0.3 is 6.61 Å². The molecule has 1 aliphatic heterocycles. The van der Waals surface area contributed by atoms with Gasteiger partial charge in [-0.2, -0.15) is 8.78 Å². The van der Waals surface area contributed by atoms with Gasteiger partial charge in [0, 0.05) is 18.8 Å². The zero-order valence-electron chi connectivity index (χ0n) is 9.03. The zero-order chi connectivity index (χ0) is 12.3. The van der Waals surface area contributed by atoms with E-state index in [0.29, 0.717) is 5.11 Å². The van der Waals surface area contributed by atoms with Crippen LogP contribution in [-0.4, -0.2) is 29.7 Å². The Bertz CT molecular complexity index is 393. The number of thiocarbonyl (C=S) groups is 1. The van der Waals surface area contributed by atoms with Gasteiger partial charge in [0.15, 0.2) is 5.11 Å². The van der Waals surface area contributed by atoms with E-state index in [2.05, 4.69) is 10.1 Å². The van der Waals surface area contributed by atoms with Crippen LogP contribution in [0.15, 0.2) is 24.3 Å². The quantitative estimate of drug-likeness (QED) is 0.842. The molecule has 0 spiro atoms. The lowest BCUT2D eigenvalue weighted by molar-refractivity contribution is -0.0498. The summed E-state index contributed by atoms with van der Waals surface area (Å²) in [6, 6.07) is 6.27. The van der Waals surface area contributed by atoms with E-state index in [1.54, 1.807) is 12.1 Å². The van der Waals surface area contributed by atoms with Gasteiger partial charge in [0.2, 0.25) is 0 Å². The molecular weight excluding hydrogens is 246 g/mol. The van der Waals surface area contributed by atoms with Crippen molar-refractivity contribution >= 4 is 23.0 Å². The Morgan fingerprint density at radius 2 is 1.94 bits per heavy atom. The predicted molar refractivity (Wildman–Crippen MR) is 65.5 cm³/mol. The lowest BCUT2D eigenvalue weighted by Crippen LogP contribution is -2.44. The summed E-state index contributed by atoms with van der Waals surface area (Å²) in [7, 11) is 0. The average molecular weight is 258 g/mol. The van der Waals surface area contributed by atoms with Crippen molar-refractivity contribution in [3.63, 3.8) is 0 Å². The fourth-order valence-corrected chi connectivity index (χ4v) is 1.74. The molecular formula is C11H12F2N2OS. The summed E-state index contributed by atoms with van der Waals surface area (Å²) in [5, 5.41) is 3.70. The number of anilines is 1. The van der Waals surface area contributed by atoms with Gasteiger partial charge in [-0.25, -0.2) is 0 Å². The van der Waals surface area contributed by atoms with Crippen LogP contribution in [0.5, 0.6) is 5.75 Å². The smallest absolute Gasteiger partial charge is 0.387 e. The Morgan fingerprint density at radius 3 is 2.41 bits per heavy atom. The Hall–Kier alpha value is -1.43. The Morgan fingerprint density at radius 1 is 1.29 bits per heavy atom. The van der Waals surface area contributed by atoms with Crippen molar-refractivity contribution in [3.05, 3.63) is 24.3 Å². The number of nitrogens with one attached hydrogen (secondary N) is 1. The molecule has 2 rings (SSSR count). The first-order valence-corrected chi connectivity index (χ1v) is 5.67. The van der Waals surface area contributed by atoms with Crippen LogP contribution in [0.3, 0.4) is 0 Å². The molecule has 92 valence electrons. The minimum atomic E-state index is -2.80. The lowest BCUT2D eigenvalue weighted by Gasteiger charge is -2.33. The number of nitrogens with zero attached hydrogens (tertiary/aromatic N) is 1. The summed E-state index contributed by atoms with van der Waals surface area (Å²) in [6.07, 6.45) is 1.16. The SMILES string of the molecule is FC(F)Oc1ccc(NC(=S)N2CCC2)cc1. The van der Waals surface area contributed by atoms with Gasteiger partial charge < -0.3 is 15.0 Å². The van der Waals surface area contributed by atoms with E-state index in [9.17, 15) is 8.78 Å². The van der Waals surface area contributed by atoms with Gasteiger partial charge in [0.05, 0.1) is 0 Å². The molecule has 0 saturated carbocycles. The molecule has 6 heteroatoms. The fourth-order valence-electron chi connectivity index (χ4n) is 1.44. The highest BCUT2D eigenvalue weighted by Gasteiger charge is 2.16. The van der Waals surface area contributed by atoms with Gasteiger partial charge in [-0.05, 0) is 42.9 Å². The molecule has 1 N–H and O–H groups in total. The average Bonchev–Trinajstić information content (AvgIpc) is 2.17. The summed E-state index contributed by atoms with van der Waals surface area (Å²) in [6.45, 7) is -0.854. The number of hydrogen-bond acceptors (Lipinski definition) is 2. The van der Waals surface area contributed by atoms with E-state index in [4.69, 9.17) is 12.2 Å². The van der Waals surface area contributed by atoms with E-state index in [1.807, 2.05) is 4.90 Å². The number of halogens is 2. The van der Waals surface area contributed by atoms with Crippen LogP contribution in [-0.2, 0) is 0 Å². The maximum Gasteiger partial charge on any atom is 0.387 e. The highest BCUT2D eigenvalue weighted by atomic mass is 32.1. The normalized spacial score (nSPS) is 14.4. The second kappa shape index (κ2) is 5.27. The number of alkyl halides is 2. The maximum absolute atomic E-state index is 11.9. The van der Waals surface area contributed by atoms with Crippen molar-refractivity contribution in [2.45, 2.75) is 13.0 Å². The molecule has 0 aliphatic carbocycles. The molecule has 0 unspecified atom stereocenters. The third kappa shape index (κ3) is 3.26. The molecule has 0 bridgehead atoms. The van der Waals surface area contributed by atoms with Crippen LogP contribution in [0.4, 0.5) is 14.5 Å². The topological polar surface area (TPSA) is 24.5 Å². The molecule has 1 aliphatic rings. The summed E-state index contributed by atoms with van der Waals surface area (Å²) >= 11 is 5.18. The Kier molecular flexibility index (Phi) is 3.73. The molecule has 1 saturated heterocycles. The van der Waals surface area contributed by atoms with Gasteiger partial charge in [-0.1, -0.05) is 0 Å². The molecule has 17 heavy (non-hydrogen) atoms. The van der Waals surface area contributed by atoms with E-state index >= 15 is 0 Å². The molecule has 0 radical (unpaired) electrons. The second-order valence-electron chi connectivity index (χ2n) is 3.67. The van der Waals surface area contributed by atoms with Crippen molar-refractivity contribution in [1.29, 1.82) is 0 Å². The van der Waals surface area contributed by atoms with Crippen molar-refractivity contribution in [2.24, 2.45) is 0 Å². The number of ether oxygens (including phenoxy) is 1. The van der Waals surface area contributed by atoms with Crippen LogP contribution in [0.25, 0.3) is 0 Å². The standard InChI is InChI=1S/C11H12F2N2OS/c12-10(13)16-9-4-2-8(3-5-9)14-11(17)15-6-1-7-15/h2-5,10H,1,6-7H2,(H,14,17). The van der Waals surface area contributed by atoms with Crippen molar-refractivity contribution in [2.75, 3.05) is 18.4 Å². The van der Waals surface area contributed by atoms with E-state index in [1.165, 1.54) is 12.1 Å². The number of hydrogen-bond donors (Lipinski definition) is 1. The first kappa shape index (κ1) is 12.0. The molecule has 0 amide bonds. The second-order valence-corrected chi connectivity index (χ2v) is 4.06. The molecule has 0 atom stereocenters. The van der Waals surface area contributed by atoms with Crippen LogP contribution in [0, 0.1) is 0 Å². The molecule has 1 aromatic rings. The third-order valence-corrected chi connectivity index (χ3v) is 2.83. The molecule has 3 nitrogen and oxygen atoms in total. The van der Waals surface area contributed by atoms with Crippen LogP contribution >= 0.6 is 12.2 Å². The van der Waals surface area contributed by atoms with Gasteiger partial charge in [0.25, 0.3) is 0 Å². The molecule has 1 heterocycles. The minimum Gasteiger partial charge on any atom is -0.435 e. The predicted octanol–water partition coefficient (Wildman–Crippen LogP) is 2.69. The monoisotopic (exact) mass is 258 g/mol. The number of benzene rings is 1. The summed E-state index contributed by atoms with van der Waals surface area (Å²) in [5.74, 6) is 0.139. The highest BCUT2D eigenvalue weighted by Crippen LogP contribution is 2.18. The summed E-state index contributed by atoms with van der Waals surface area (Å²) < 4.78 is 28.1. The first-order chi connectivity index (χ1) is 8.15. The number of likely N-dealkylation sites (tertiary alicyclic amines) is 1. The summed E-state index contributed by atoms with van der Waals surface area (Å²) in [5.41, 5.74) is 0.767. The molecule has 1 aromatic carbocycles. The van der Waals surface area contributed by atoms with Crippen LogP contribution < -0.4 is 10.1 Å². The minimum absolute atomic E-state index is 0.139. The number of rotatable bonds is 3. The highest BCUT2D eigenvalue weighted by molar-refractivity contribution is 7.80.